The average molecular weight is 170 g/mol. The summed E-state index contributed by atoms with van der Waals surface area (Å²) in [6.45, 7) is 5.89. The first kappa shape index (κ1) is 10.8. The van der Waals surface area contributed by atoms with Crippen LogP contribution in [0.25, 0.3) is 0 Å². The molecule has 1 unspecified atom stereocenters. The maximum Gasteiger partial charge on any atom is -0.000723 e. The summed E-state index contributed by atoms with van der Waals surface area (Å²) in [6, 6.07) is 0. The summed E-state index contributed by atoms with van der Waals surface area (Å²) in [7, 11) is 0. The maximum atomic E-state index is 3.82. The molecule has 0 rings (SSSR count). The second kappa shape index (κ2) is 7.93. The molecule has 0 bridgehead atoms. The third-order valence-electron chi connectivity index (χ3n) is 1.65. The summed E-state index contributed by atoms with van der Waals surface area (Å²) >= 11 is 1.90. The molecular formula is C10H18S. The van der Waals surface area contributed by atoms with Crippen molar-refractivity contribution in [3.8, 4) is 0 Å². The predicted molar refractivity (Wildman–Crippen MR) is 56.1 cm³/mol. The zero-order chi connectivity index (χ0) is 8.53. The summed E-state index contributed by atoms with van der Waals surface area (Å²) in [5.74, 6) is 1.90. The van der Waals surface area contributed by atoms with E-state index in [4.69, 9.17) is 0 Å². The molecule has 0 radical (unpaired) electrons. The van der Waals surface area contributed by atoms with Gasteiger partial charge in [-0.15, -0.1) is 6.58 Å². The summed E-state index contributed by atoms with van der Waals surface area (Å²) in [6.07, 6.45) is 11.0. The predicted octanol–water partition coefficient (Wildman–Crippen LogP) is 3.51. The van der Waals surface area contributed by atoms with E-state index in [9.17, 15) is 0 Å². The Morgan fingerprint density at radius 3 is 2.73 bits per heavy atom. The lowest BCUT2D eigenvalue weighted by Crippen LogP contribution is -1.98. The molecule has 0 aromatic rings. The van der Waals surface area contributed by atoms with Gasteiger partial charge in [0.15, 0.2) is 0 Å². The zero-order valence-electron chi connectivity index (χ0n) is 7.55. The third-order valence-corrected chi connectivity index (χ3v) is 2.42. The second-order valence-electron chi connectivity index (χ2n) is 2.60. The van der Waals surface area contributed by atoms with Gasteiger partial charge in [0, 0.05) is 0 Å². The van der Waals surface area contributed by atoms with Crippen molar-refractivity contribution in [3.63, 3.8) is 0 Å². The molecule has 0 amide bonds. The smallest absolute Gasteiger partial charge is 0.000723 e. The zero-order valence-corrected chi connectivity index (χ0v) is 8.36. The molecule has 0 heterocycles. The Balaban J connectivity index is 3.43. The first-order valence-corrected chi connectivity index (χ1v) is 5.47. The van der Waals surface area contributed by atoms with Crippen LogP contribution in [0, 0.1) is 5.92 Å². The first-order valence-electron chi connectivity index (χ1n) is 4.07. The number of thioether (sulfide) groups is 1. The van der Waals surface area contributed by atoms with Crippen molar-refractivity contribution >= 4 is 11.8 Å². The molecule has 1 atom stereocenters. The van der Waals surface area contributed by atoms with Gasteiger partial charge in [-0.25, -0.2) is 0 Å². The summed E-state index contributed by atoms with van der Waals surface area (Å²) in [4.78, 5) is 0. The van der Waals surface area contributed by atoms with Gasteiger partial charge in [-0.3, -0.25) is 0 Å². The molecule has 64 valence electrons. The van der Waals surface area contributed by atoms with E-state index < -0.39 is 0 Å². The number of rotatable bonds is 6. The van der Waals surface area contributed by atoms with Crippen molar-refractivity contribution in [1.29, 1.82) is 0 Å². The molecule has 0 spiro atoms. The monoisotopic (exact) mass is 170 g/mol. The van der Waals surface area contributed by atoms with Crippen LogP contribution < -0.4 is 0 Å². The molecule has 0 saturated carbocycles. The minimum absolute atomic E-state index is 0.696. The van der Waals surface area contributed by atoms with Gasteiger partial charge in [0.25, 0.3) is 0 Å². The van der Waals surface area contributed by atoms with Crippen LogP contribution in [0.5, 0.6) is 0 Å². The van der Waals surface area contributed by atoms with Crippen molar-refractivity contribution in [2.24, 2.45) is 5.92 Å². The molecule has 1 heteroatoms. The highest BCUT2D eigenvalue weighted by atomic mass is 32.2. The standard InChI is InChI=1S/C10H18S/c1-4-6-7-8-10(5-2)9-11-3/h4-6,10H,2,7-9H2,1,3H3/b6-4-. The summed E-state index contributed by atoms with van der Waals surface area (Å²) < 4.78 is 0. The Bertz CT molecular complexity index is 116. The van der Waals surface area contributed by atoms with Crippen molar-refractivity contribution in [2.75, 3.05) is 12.0 Å². The van der Waals surface area contributed by atoms with Gasteiger partial charge < -0.3 is 0 Å². The van der Waals surface area contributed by atoms with Crippen molar-refractivity contribution in [1.82, 2.24) is 0 Å². The van der Waals surface area contributed by atoms with E-state index in [1.807, 2.05) is 11.8 Å². The minimum atomic E-state index is 0.696. The van der Waals surface area contributed by atoms with Crippen LogP contribution in [0.3, 0.4) is 0 Å². The lowest BCUT2D eigenvalue weighted by Gasteiger charge is -2.07. The summed E-state index contributed by atoms with van der Waals surface area (Å²) in [5, 5.41) is 0. The van der Waals surface area contributed by atoms with Gasteiger partial charge >= 0.3 is 0 Å². The van der Waals surface area contributed by atoms with Gasteiger partial charge in [-0.05, 0) is 37.7 Å². The molecular weight excluding hydrogens is 152 g/mol. The molecule has 0 aliphatic rings. The first-order chi connectivity index (χ1) is 5.35. The SMILES string of the molecule is C=CC(CC/C=C\C)CSC. The largest absolute Gasteiger partial charge is 0.165 e. The lowest BCUT2D eigenvalue weighted by molar-refractivity contribution is 0.669. The van der Waals surface area contributed by atoms with Crippen molar-refractivity contribution in [2.45, 2.75) is 19.8 Å². The number of hydrogen-bond acceptors (Lipinski definition) is 1. The van der Waals surface area contributed by atoms with Gasteiger partial charge in [0.2, 0.25) is 0 Å². The van der Waals surface area contributed by atoms with Crippen LogP contribution in [-0.2, 0) is 0 Å². The van der Waals surface area contributed by atoms with Gasteiger partial charge in [0.1, 0.15) is 0 Å². The van der Waals surface area contributed by atoms with E-state index in [-0.39, 0.29) is 0 Å². The van der Waals surface area contributed by atoms with E-state index >= 15 is 0 Å². The van der Waals surface area contributed by atoms with E-state index in [1.54, 1.807) is 0 Å². The normalized spacial score (nSPS) is 13.6. The van der Waals surface area contributed by atoms with Gasteiger partial charge in [-0.2, -0.15) is 11.8 Å². The van der Waals surface area contributed by atoms with E-state index in [2.05, 4.69) is 38.0 Å². The van der Waals surface area contributed by atoms with Crippen LogP contribution in [-0.4, -0.2) is 12.0 Å². The van der Waals surface area contributed by atoms with Crippen molar-refractivity contribution in [3.05, 3.63) is 24.8 Å². The Kier molecular flexibility index (Phi) is 7.81. The third kappa shape index (κ3) is 6.24. The fourth-order valence-corrected chi connectivity index (χ4v) is 1.69. The minimum Gasteiger partial charge on any atom is -0.165 e. The van der Waals surface area contributed by atoms with E-state index in [0.717, 1.165) is 0 Å². The Morgan fingerprint density at radius 1 is 1.55 bits per heavy atom. The topological polar surface area (TPSA) is 0 Å². The lowest BCUT2D eigenvalue weighted by atomic mass is 10.1. The highest BCUT2D eigenvalue weighted by molar-refractivity contribution is 7.98. The van der Waals surface area contributed by atoms with Crippen LogP contribution in [0.15, 0.2) is 24.8 Å². The highest BCUT2D eigenvalue weighted by Gasteiger charge is 2.00. The number of allylic oxidation sites excluding steroid dienone is 3. The van der Waals surface area contributed by atoms with Crippen LogP contribution in [0.4, 0.5) is 0 Å². The van der Waals surface area contributed by atoms with Crippen LogP contribution in [0.1, 0.15) is 19.8 Å². The molecule has 0 aliphatic carbocycles. The maximum absolute atomic E-state index is 3.82. The van der Waals surface area contributed by atoms with E-state index in [0.29, 0.717) is 5.92 Å². The average Bonchev–Trinajstić information content (AvgIpc) is 2.03. The molecule has 0 nitrogen and oxygen atoms in total. The molecule has 0 N–H and O–H groups in total. The van der Waals surface area contributed by atoms with Gasteiger partial charge in [-0.1, -0.05) is 18.2 Å². The van der Waals surface area contributed by atoms with E-state index in [1.165, 1.54) is 18.6 Å². The Hall–Kier alpha value is -0.170. The molecule has 0 aliphatic heterocycles. The number of hydrogen-bond donors (Lipinski definition) is 0. The highest BCUT2D eigenvalue weighted by Crippen LogP contribution is 2.13. The summed E-state index contributed by atoms with van der Waals surface area (Å²) in [5.41, 5.74) is 0. The molecule has 0 saturated heterocycles. The molecule has 11 heavy (non-hydrogen) atoms. The van der Waals surface area contributed by atoms with Crippen molar-refractivity contribution < 1.29 is 0 Å². The fourth-order valence-electron chi connectivity index (χ4n) is 0.960. The quantitative estimate of drug-likeness (QED) is 0.550. The van der Waals surface area contributed by atoms with Gasteiger partial charge in [0.05, 0.1) is 0 Å². The Morgan fingerprint density at radius 2 is 2.27 bits per heavy atom. The van der Waals surface area contributed by atoms with Crippen LogP contribution >= 0.6 is 11.8 Å². The molecule has 0 fully saturated rings. The second-order valence-corrected chi connectivity index (χ2v) is 3.51. The fraction of sp³-hybridized carbons (Fsp3) is 0.600. The molecule has 0 aromatic heterocycles. The van der Waals surface area contributed by atoms with Crippen LogP contribution in [0.2, 0.25) is 0 Å². The Labute approximate surface area is 74.8 Å². The molecule has 0 aromatic carbocycles.